The van der Waals surface area contributed by atoms with Gasteiger partial charge in [-0.3, -0.25) is 4.79 Å². The molecule has 1 amide bonds. The molecular formula is C20H20N2O2. The number of carbonyl (C=O) groups excluding carboxylic acids is 1. The summed E-state index contributed by atoms with van der Waals surface area (Å²) in [5.41, 5.74) is 3.44. The summed E-state index contributed by atoms with van der Waals surface area (Å²) < 4.78 is 7.75. The Kier molecular flexibility index (Phi) is 4.38. The zero-order valence-electron chi connectivity index (χ0n) is 14.0. The standard InChI is InChI=1S/C20H20N2O2/c1-14-13-19(15(2)22(14)3)20(23)21-16-9-11-18(12-10-16)24-17-7-5-4-6-8-17/h4-13H,1-3H3,(H,21,23). The third-order valence-corrected chi connectivity index (χ3v) is 4.11. The van der Waals surface area contributed by atoms with Gasteiger partial charge in [0.2, 0.25) is 0 Å². The van der Waals surface area contributed by atoms with Crippen molar-refractivity contribution < 1.29 is 9.53 Å². The van der Waals surface area contributed by atoms with Crippen molar-refractivity contribution in [3.8, 4) is 11.5 Å². The molecule has 4 nitrogen and oxygen atoms in total. The molecule has 2 aromatic carbocycles. The number of nitrogens with zero attached hydrogens (tertiary/aromatic N) is 1. The minimum absolute atomic E-state index is 0.104. The molecule has 0 spiro atoms. The minimum Gasteiger partial charge on any atom is -0.457 e. The number of aryl methyl sites for hydroxylation is 1. The highest BCUT2D eigenvalue weighted by molar-refractivity contribution is 6.05. The second-order valence-corrected chi connectivity index (χ2v) is 5.74. The second-order valence-electron chi connectivity index (χ2n) is 5.74. The number of anilines is 1. The molecule has 0 bridgehead atoms. The summed E-state index contributed by atoms with van der Waals surface area (Å²) in [4.78, 5) is 12.4. The Bertz CT molecular complexity index is 849. The van der Waals surface area contributed by atoms with E-state index in [1.165, 1.54) is 0 Å². The first-order chi connectivity index (χ1) is 11.5. The average molecular weight is 320 g/mol. The van der Waals surface area contributed by atoms with Crippen LogP contribution in [-0.4, -0.2) is 10.5 Å². The fraction of sp³-hybridized carbons (Fsp3) is 0.150. The molecule has 0 unspecified atom stereocenters. The molecule has 0 fully saturated rings. The highest BCUT2D eigenvalue weighted by Crippen LogP contribution is 2.23. The lowest BCUT2D eigenvalue weighted by molar-refractivity contribution is 0.102. The monoisotopic (exact) mass is 320 g/mol. The average Bonchev–Trinajstić information content (AvgIpc) is 2.85. The molecule has 0 saturated carbocycles. The topological polar surface area (TPSA) is 43.3 Å². The van der Waals surface area contributed by atoms with Gasteiger partial charge >= 0.3 is 0 Å². The van der Waals surface area contributed by atoms with Crippen LogP contribution in [0, 0.1) is 13.8 Å². The Labute approximate surface area is 141 Å². The fourth-order valence-electron chi connectivity index (χ4n) is 2.51. The fourth-order valence-corrected chi connectivity index (χ4v) is 2.51. The predicted octanol–water partition coefficient (Wildman–Crippen LogP) is 4.69. The van der Waals surface area contributed by atoms with Crippen molar-refractivity contribution in [1.82, 2.24) is 4.57 Å². The van der Waals surface area contributed by atoms with E-state index < -0.39 is 0 Å². The van der Waals surface area contributed by atoms with Gasteiger partial charge in [-0.15, -0.1) is 0 Å². The van der Waals surface area contributed by atoms with Gasteiger partial charge in [-0.05, 0) is 56.3 Å². The molecule has 0 aliphatic rings. The van der Waals surface area contributed by atoms with Gasteiger partial charge in [0.15, 0.2) is 0 Å². The molecule has 4 heteroatoms. The summed E-state index contributed by atoms with van der Waals surface area (Å²) in [6.45, 7) is 3.93. The molecule has 3 rings (SSSR count). The van der Waals surface area contributed by atoms with Crippen LogP contribution in [0.4, 0.5) is 5.69 Å². The van der Waals surface area contributed by atoms with Crippen LogP contribution in [0.2, 0.25) is 0 Å². The van der Waals surface area contributed by atoms with Crippen molar-refractivity contribution >= 4 is 11.6 Å². The van der Waals surface area contributed by atoms with Crippen LogP contribution in [0.25, 0.3) is 0 Å². The number of aromatic nitrogens is 1. The van der Waals surface area contributed by atoms with Crippen LogP contribution in [-0.2, 0) is 7.05 Å². The van der Waals surface area contributed by atoms with Crippen LogP contribution in [0.15, 0.2) is 60.7 Å². The van der Waals surface area contributed by atoms with Crippen molar-refractivity contribution in [3.05, 3.63) is 77.6 Å². The number of benzene rings is 2. The first-order valence-corrected chi connectivity index (χ1v) is 7.82. The molecule has 122 valence electrons. The summed E-state index contributed by atoms with van der Waals surface area (Å²) in [5.74, 6) is 1.41. The van der Waals surface area contributed by atoms with E-state index >= 15 is 0 Å². The molecule has 1 aromatic heterocycles. The van der Waals surface area contributed by atoms with Gasteiger partial charge in [0, 0.05) is 24.1 Å². The Morgan fingerprint density at radius 2 is 1.58 bits per heavy atom. The van der Waals surface area contributed by atoms with Gasteiger partial charge in [-0.2, -0.15) is 0 Å². The molecule has 0 aliphatic heterocycles. The highest BCUT2D eigenvalue weighted by atomic mass is 16.5. The second kappa shape index (κ2) is 6.62. The van der Waals surface area contributed by atoms with Gasteiger partial charge in [-0.25, -0.2) is 0 Å². The molecule has 0 aliphatic carbocycles. The Balaban J connectivity index is 1.70. The normalized spacial score (nSPS) is 10.5. The zero-order chi connectivity index (χ0) is 17.1. The number of amides is 1. The number of ether oxygens (including phenoxy) is 1. The lowest BCUT2D eigenvalue weighted by atomic mass is 10.2. The van der Waals surface area contributed by atoms with Crippen molar-refractivity contribution in [2.24, 2.45) is 7.05 Å². The van der Waals surface area contributed by atoms with Crippen LogP contribution >= 0.6 is 0 Å². The smallest absolute Gasteiger partial charge is 0.257 e. The number of hydrogen-bond acceptors (Lipinski definition) is 2. The van der Waals surface area contributed by atoms with E-state index in [0.717, 1.165) is 28.6 Å². The molecule has 24 heavy (non-hydrogen) atoms. The van der Waals surface area contributed by atoms with Crippen LogP contribution < -0.4 is 10.1 Å². The van der Waals surface area contributed by atoms with Gasteiger partial charge < -0.3 is 14.6 Å². The number of carbonyl (C=O) groups is 1. The predicted molar refractivity (Wildman–Crippen MR) is 95.8 cm³/mol. The van der Waals surface area contributed by atoms with Gasteiger partial charge in [0.1, 0.15) is 11.5 Å². The van der Waals surface area contributed by atoms with Crippen LogP contribution in [0.5, 0.6) is 11.5 Å². The van der Waals surface area contributed by atoms with Crippen molar-refractivity contribution in [2.75, 3.05) is 5.32 Å². The lowest BCUT2D eigenvalue weighted by Crippen LogP contribution is -2.12. The number of nitrogens with one attached hydrogen (secondary N) is 1. The molecule has 0 saturated heterocycles. The summed E-state index contributed by atoms with van der Waals surface area (Å²) in [7, 11) is 1.96. The third-order valence-electron chi connectivity index (χ3n) is 4.11. The number of rotatable bonds is 4. The Morgan fingerprint density at radius 3 is 2.17 bits per heavy atom. The van der Waals surface area contributed by atoms with E-state index in [2.05, 4.69) is 5.32 Å². The van der Waals surface area contributed by atoms with E-state index in [-0.39, 0.29) is 5.91 Å². The quantitative estimate of drug-likeness (QED) is 0.758. The van der Waals surface area contributed by atoms with Crippen molar-refractivity contribution in [2.45, 2.75) is 13.8 Å². The van der Waals surface area contributed by atoms with Crippen LogP contribution in [0.1, 0.15) is 21.7 Å². The lowest BCUT2D eigenvalue weighted by Gasteiger charge is -2.08. The highest BCUT2D eigenvalue weighted by Gasteiger charge is 2.14. The number of para-hydroxylation sites is 1. The van der Waals surface area contributed by atoms with E-state index in [1.807, 2.05) is 86.1 Å². The van der Waals surface area contributed by atoms with Crippen LogP contribution in [0.3, 0.4) is 0 Å². The molecule has 3 aromatic rings. The molecule has 1 N–H and O–H groups in total. The molecule has 1 heterocycles. The first kappa shape index (κ1) is 15.9. The van der Waals surface area contributed by atoms with Gasteiger partial charge in [0.05, 0.1) is 5.56 Å². The molecular weight excluding hydrogens is 300 g/mol. The summed E-state index contributed by atoms with van der Waals surface area (Å²) in [6, 6.07) is 18.8. The van der Waals surface area contributed by atoms with E-state index in [4.69, 9.17) is 4.74 Å². The Morgan fingerprint density at radius 1 is 0.958 bits per heavy atom. The maximum absolute atomic E-state index is 12.4. The van der Waals surface area contributed by atoms with E-state index in [9.17, 15) is 4.79 Å². The third kappa shape index (κ3) is 3.33. The summed E-state index contributed by atoms with van der Waals surface area (Å²) >= 11 is 0. The van der Waals surface area contributed by atoms with E-state index in [0.29, 0.717) is 5.56 Å². The first-order valence-electron chi connectivity index (χ1n) is 7.82. The van der Waals surface area contributed by atoms with Crippen molar-refractivity contribution in [1.29, 1.82) is 0 Å². The maximum Gasteiger partial charge on any atom is 0.257 e. The maximum atomic E-state index is 12.4. The SMILES string of the molecule is Cc1cc(C(=O)Nc2ccc(Oc3ccccc3)cc2)c(C)n1C. The Hall–Kier alpha value is -3.01. The largest absolute Gasteiger partial charge is 0.457 e. The molecule has 0 atom stereocenters. The van der Waals surface area contributed by atoms with Crippen molar-refractivity contribution in [3.63, 3.8) is 0 Å². The summed E-state index contributed by atoms with van der Waals surface area (Å²) in [5, 5.41) is 2.92. The minimum atomic E-state index is -0.104. The summed E-state index contributed by atoms with van der Waals surface area (Å²) in [6.07, 6.45) is 0. The van der Waals surface area contributed by atoms with Gasteiger partial charge in [-0.1, -0.05) is 18.2 Å². The molecule has 0 radical (unpaired) electrons. The van der Waals surface area contributed by atoms with Gasteiger partial charge in [0.25, 0.3) is 5.91 Å². The zero-order valence-corrected chi connectivity index (χ0v) is 14.0. The van der Waals surface area contributed by atoms with E-state index in [1.54, 1.807) is 0 Å². The number of hydrogen-bond donors (Lipinski definition) is 1.